The average Bonchev–Trinajstić information content (AvgIpc) is 2.37. The highest BCUT2D eigenvalue weighted by Gasteiger charge is 2.25. The normalized spacial score (nSPS) is 12.7. The largest absolute Gasteiger partial charge is 0.469 e. The van der Waals surface area contributed by atoms with E-state index in [-0.39, 0.29) is 12.0 Å². The van der Waals surface area contributed by atoms with E-state index in [1.807, 2.05) is 0 Å². The van der Waals surface area contributed by atoms with E-state index in [0.717, 1.165) is 19.2 Å². The molecule has 0 spiro atoms. The fourth-order valence-corrected chi connectivity index (χ4v) is 2.93. The molecule has 0 radical (unpaired) electrons. The lowest BCUT2D eigenvalue weighted by Gasteiger charge is -2.11. The Morgan fingerprint density at radius 2 is 2.10 bits per heavy atom. The van der Waals surface area contributed by atoms with E-state index in [2.05, 4.69) is 4.74 Å². The molecule has 0 saturated carbocycles. The van der Waals surface area contributed by atoms with Gasteiger partial charge in [-0.3, -0.25) is 14.9 Å². The molecule has 1 aromatic carbocycles. The maximum atomic E-state index is 13.4. The maximum Gasteiger partial charge on any atom is 0.306 e. The number of rotatable bonds is 6. The van der Waals surface area contributed by atoms with Crippen LogP contribution in [0, 0.1) is 15.9 Å². The van der Waals surface area contributed by atoms with Crippen molar-refractivity contribution in [1.82, 2.24) is 0 Å². The number of benzene rings is 1. The maximum absolute atomic E-state index is 13.4. The van der Waals surface area contributed by atoms with Crippen LogP contribution in [0.15, 0.2) is 18.2 Å². The number of halogens is 1. The van der Waals surface area contributed by atoms with Crippen molar-refractivity contribution in [2.45, 2.75) is 24.3 Å². The molecule has 0 aliphatic heterocycles. The summed E-state index contributed by atoms with van der Waals surface area (Å²) in [5, 5.41) is 9.48. The minimum absolute atomic E-state index is 0.0785. The zero-order valence-electron chi connectivity index (χ0n) is 11.4. The Morgan fingerprint density at radius 1 is 1.48 bits per heavy atom. The molecular formula is C12H14FNO6S. The van der Waals surface area contributed by atoms with E-state index in [9.17, 15) is 27.7 Å². The first-order chi connectivity index (χ1) is 9.67. The van der Waals surface area contributed by atoms with Gasteiger partial charge in [0.25, 0.3) is 0 Å². The summed E-state index contributed by atoms with van der Waals surface area (Å²) in [6, 6.07) is 2.88. The quantitative estimate of drug-likeness (QED) is 0.448. The first-order valence-electron chi connectivity index (χ1n) is 5.88. The first kappa shape index (κ1) is 17.0. The molecule has 0 aliphatic rings. The molecule has 1 aromatic rings. The number of hydrogen-bond acceptors (Lipinski definition) is 6. The third-order valence-corrected chi connectivity index (χ3v) is 5.00. The van der Waals surface area contributed by atoms with Crippen molar-refractivity contribution in [2.24, 2.45) is 0 Å². The van der Waals surface area contributed by atoms with Gasteiger partial charge in [0.2, 0.25) is 5.82 Å². The first-order valence-corrected chi connectivity index (χ1v) is 7.60. The molecule has 0 amide bonds. The molecule has 0 bridgehead atoms. The Kier molecular flexibility index (Phi) is 5.36. The molecule has 1 unspecified atom stereocenters. The van der Waals surface area contributed by atoms with Crippen molar-refractivity contribution in [1.29, 1.82) is 0 Å². The Balaban J connectivity index is 2.92. The lowest BCUT2D eigenvalue weighted by molar-refractivity contribution is -0.387. The Hall–Kier alpha value is -2.03. The van der Waals surface area contributed by atoms with Crippen LogP contribution in [0.1, 0.15) is 18.9 Å². The predicted octanol–water partition coefficient (Wildman–Crippen LogP) is 1.60. The van der Waals surface area contributed by atoms with Crippen molar-refractivity contribution < 1.29 is 27.3 Å². The lowest BCUT2D eigenvalue weighted by Crippen LogP contribution is -2.23. The second kappa shape index (κ2) is 6.61. The molecule has 0 saturated heterocycles. The molecule has 0 fully saturated rings. The van der Waals surface area contributed by atoms with Crippen molar-refractivity contribution in [2.75, 3.05) is 7.11 Å². The van der Waals surface area contributed by atoms with E-state index in [1.165, 1.54) is 13.0 Å². The van der Waals surface area contributed by atoms with E-state index < -0.39 is 43.2 Å². The zero-order valence-corrected chi connectivity index (χ0v) is 12.2. The highest BCUT2D eigenvalue weighted by Crippen LogP contribution is 2.21. The van der Waals surface area contributed by atoms with Gasteiger partial charge >= 0.3 is 11.7 Å². The van der Waals surface area contributed by atoms with Gasteiger partial charge < -0.3 is 4.74 Å². The van der Waals surface area contributed by atoms with Gasteiger partial charge in [-0.1, -0.05) is 6.07 Å². The van der Waals surface area contributed by atoms with Crippen molar-refractivity contribution in [3.05, 3.63) is 39.7 Å². The molecule has 0 aliphatic carbocycles. The molecule has 21 heavy (non-hydrogen) atoms. The molecular weight excluding hydrogens is 305 g/mol. The van der Waals surface area contributed by atoms with Crippen LogP contribution >= 0.6 is 0 Å². The molecule has 9 heteroatoms. The monoisotopic (exact) mass is 319 g/mol. The average molecular weight is 319 g/mol. The number of nitro benzene ring substituents is 1. The van der Waals surface area contributed by atoms with Gasteiger partial charge in [0.1, 0.15) is 0 Å². The number of nitrogens with zero attached hydrogens (tertiary/aromatic N) is 1. The zero-order chi connectivity index (χ0) is 16.2. The third kappa shape index (κ3) is 4.48. The lowest BCUT2D eigenvalue weighted by atomic mass is 10.2. The van der Waals surface area contributed by atoms with Crippen LogP contribution in [-0.2, 0) is 25.1 Å². The second-order valence-corrected chi connectivity index (χ2v) is 6.86. The van der Waals surface area contributed by atoms with Gasteiger partial charge in [0, 0.05) is 6.07 Å². The molecule has 1 atom stereocenters. The molecule has 116 valence electrons. The van der Waals surface area contributed by atoms with Crippen LogP contribution in [0.4, 0.5) is 10.1 Å². The van der Waals surface area contributed by atoms with E-state index in [0.29, 0.717) is 0 Å². The van der Waals surface area contributed by atoms with E-state index >= 15 is 0 Å². The molecule has 1 rings (SSSR count). The van der Waals surface area contributed by atoms with Gasteiger partial charge in [-0.25, -0.2) is 8.42 Å². The number of sulfone groups is 1. The second-order valence-electron chi connectivity index (χ2n) is 4.44. The van der Waals surface area contributed by atoms with Crippen molar-refractivity contribution >= 4 is 21.5 Å². The summed E-state index contributed by atoms with van der Waals surface area (Å²) >= 11 is 0. The van der Waals surface area contributed by atoms with Crippen LogP contribution in [0.25, 0.3) is 0 Å². The summed E-state index contributed by atoms with van der Waals surface area (Å²) in [5.74, 6) is -2.28. The van der Waals surface area contributed by atoms with Gasteiger partial charge in [-0.15, -0.1) is 0 Å². The van der Waals surface area contributed by atoms with Crippen molar-refractivity contribution in [3.63, 3.8) is 0 Å². The summed E-state index contributed by atoms with van der Waals surface area (Å²) in [5.41, 5.74) is -0.645. The minimum Gasteiger partial charge on any atom is -0.469 e. The number of hydrogen-bond donors (Lipinski definition) is 0. The summed E-state index contributed by atoms with van der Waals surface area (Å²) in [7, 11) is -2.56. The summed E-state index contributed by atoms with van der Waals surface area (Å²) in [6.45, 7) is 1.34. The van der Waals surface area contributed by atoms with Crippen LogP contribution in [0.5, 0.6) is 0 Å². The fourth-order valence-electron chi connectivity index (χ4n) is 1.61. The predicted molar refractivity (Wildman–Crippen MR) is 71.8 cm³/mol. The fraction of sp³-hybridized carbons (Fsp3) is 0.417. The van der Waals surface area contributed by atoms with Crippen LogP contribution < -0.4 is 0 Å². The Morgan fingerprint density at radius 3 is 2.57 bits per heavy atom. The number of carbonyl (C=O) groups is 1. The van der Waals surface area contributed by atoms with Gasteiger partial charge in [0.15, 0.2) is 9.84 Å². The van der Waals surface area contributed by atoms with Crippen LogP contribution in [-0.4, -0.2) is 31.7 Å². The topological polar surface area (TPSA) is 104 Å². The number of carbonyl (C=O) groups excluding carboxylic acids is 1. The molecule has 0 aromatic heterocycles. The molecule has 0 N–H and O–H groups in total. The van der Waals surface area contributed by atoms with E-state index in [4.69, 9.17) is 0 Å². The van der Waals surface area contributed by atoms with Crippen LogP contribution in [0.2, 0.25) is 0 Å². The van der Waals surface area contributed by atoms with Gasteiger partial charge in [0.05, 0.1) is 29.5 Å². The van der Waals surface area contributed by atoms with Crippen LogP contribution in [0.3, 0.4) is 0 Å². The smallest absolute Gasteiger partial charge is 0.306 e. The molecule has 0 heterocycles. The molecule has 7 nitrogen and oxygen atoms in total. The van der Waals surface area contributed by atoms with Gasteiger partial charge in [-0.2, -0.15) is 4.39 Å². The van der Waals surface area contributed by atoms with E-state index in [1.54, 1.807) is 0 Å². The minimum atomic E-state index is -3.71. The number of esters is 1. The summed E-state index contributed by atoms with van der Waals surface area (Å²) in [6.07, 6.45) is -0.311. The highest BCUT2D eigenvalue weighted by atomic mass is 32.2. The van der Waals surface area contributed by atoms with Crippen molar-refractivity contribution in [3.8, 4) is 0 Å². The number of nitro groups is 1. The highest BCUT2D eigenvalue weighted by molar-refractivity contribution is 7.91. The standard InChI is InChI=1S/C12H14FNO6S/c1-8(5-12(15)20-2)21(18,19)7-9-3-4-11(14(16)17)10(13)6-9/h3-4,6,8H,5,7H2,1-2H3. The van der Waals surface area contributed by atoms with Gasteiger partial charge in [-0.05, 0) is 18.6 Å². The number of ether oxygens (including phenoxy) is 1. The SMILES string of the molecule is COC(=O)CC(C)S(=O)(=O)Cc1ccc([N+](=O)[O-])c(F)c1. The summed E-state index contributed by atoms with van der Waals surface area (Å²) in [4.78, 5) is 20.7. The third-order valence-electron chi connectivity index (χ3n) is 2.87. The Labute approximate surface area is 120 Å². The summed E-state index contributed by atoms with van der Waals surface area (Å²) < 4.78 is 41.9. The number of methoxy groups -OCH3 is 1. The Bertz CT molecular complexity index is 658.